The van der Waals surface area contributed by atoms with Gasteiger partial charge in [0.05, 0.1) is 12.2 Å². The lowest BCUT2D eigenvalue weighted by atomic mass is 9.86. The van der Waals surface area contributed by atoms with Crippen molar-refractivity contribution in [2.45, 2.75) is 19.3 Å². The highest BCUT2D eigenvalue weighted by molar-refractivity contribution is 5.71. The molecule has 6 nitrogen and oxygen atoms in total. The summed E-state index contributed by atoms with van der Waals surface area (Å²) in [5, 5.41) is 0. The highest BCUT2D eigenvalue weighted by Crippen LogP contribution is 2.26. The molecule has 6 heteroatoms. The summed E-state index contributed by atoms with van der Waals surface area (Å²) in [6.07, 6.45) is 8.86. The lowest BCUT2D eigenvalue weighted by Crippen LogP contribution is -2.32. The molecule has 2 N–H and O–H groups in total. The third-order valence-electron chi connectivity index (χ3n) is 2.98. The van der Waals surface area contributed by atoms with Crippen molar-refractivity contribution in [1.82, 2.24) is 9.55 Å². The molecule has 0 saturated heterocycles. The fraction of sp³-hybridized carbons (Fsp3) is 0.417. The van der Waals surface area contributed by atoms with Crippen LogP contribution in [-0.4, -0.2) is 22.3 Å². The highest BCUT2D eigenvalue weighted by Gasteiger charge is 2.20. The Morgan fingerprint density at radius 1 is 1.67 bits per heavy atom. The van der Waals surface area contributed by atoms with E-state index >= 15 is 0 Å². The van der Waals surface area contributed by atoms with Gasteiger partial charge in [0, 0.05) is 6.20 Å². The third kappa shape index (κ3) is 2.35. The quantitative estimate of drug-likeness (QED) is 0.773. The summed E-state index contributed by atoms with van der Waals surface area (Å²) in [6, 6.07) is 0. The number of anilines is 1. The number of ether oxygens (including phenoxy) is 1. The molecule has 0 radical (unpaired) electrons. The first kappa shape index (κ1) is 12.2. The third-order valence-corrected chi connectivity index (χ3v) is 2.98. The van der Waals surface area contributed by atoms with Gasteiger partial charge < -0.3 is 10.5 Å². The van der Waals surface area contributed by atoms with Crippen LogP contribution in [0.3, 0.4) is 0 Å². The minimum atomic E-state index is -0.787. The van der Waals surface area contributed by atoms with Gasteiger partial charge in [-0.15, -0.1) is 6.42 Å². The van der Waals surface area contributed by atoms with E-state index < -0.39 is 11.8 Å². The Hall–Kier alpha value is -2.29. The fourth-order valence-corrected chi connectivity index (χ4v) is 1.63. The van der Waals surface area contributed by atoms with Gasteiger partial charge in [-0.25, -0.2) is 14.2 Å². The second-order valence-corrected chi connectivity index (χ2v) is 4.21. The fourth-order valence-electron chi connectivity index (χ4n) is 1.63. The van der Waals surface area contributed by atoms with Gasteiger partial charge in [0.15, 0.2) is 0 Å². The van der Waals surface area contributed by atoms with Crippen LogP contribution >= 0.6 is 0 Å². The molecular weight excluding hydrogens is 234 g/mol. The topological polar surface area (TPSA) is 87.2 Å². The van der Waals surface area contributed by atoms with Crippen LogP contribution in [0.25, 0.3) is 0 Å². The van der Waals surface area contributed by atoms with Gasteiger partial charge in [-0.05, 0) is 18.8 Å². The monoisotopic (exact) mass is 247 g/mol. The standard InChI is InChI=1S/C12H13N3O3/c1-2-9-6-15(11(16)14-10(9)13)12(17)18-7-8-4-3-5-8/h1,6,8H,3-5,7H2,(H2,13,14,16). The zero-order valence-electron chi connectivity index (χ0n) is 9.76. The van der Waals surface area contributed by atoms with Crippen LogP contribution in [0.2, 0.25) is 0 Å². The Bertz CT molecular complexity index is 567. The zero-order valence-corrected chi connectivity index (χ0v) is 9.76. The van der Waals surface area contributed by atoms with Gasteiger partial charge in [0.1, 0.15) is 5.82 Å². The molecule has 94 valence electrons. The summed E-state index contributed by atoms with van der Waals surface area (Å²) < 4.78 is 5.77. The van der Waals surface area contributed by atoms with Crippen molar-refractivity contribution in [3.63, 3.8) is 0 Å². The van der Waals surface area contributed by atoms with Crippen molar-refractivity contribution < 1.29 is 9.53 Å². The van der Waals surface area contributed by atoms with Gasteiger partial charge in [0.25, 0.3) is 0 Å². The summed E-state index contributed by atoms with van der Waals surface area (Å²) in [4.78, 5) is 26.6. The predicted octanol–water partition coefficient (Wildman–Crippen LogP) is 0.592. The molecule has 18 heavy (non-hydrogen) atoms. The van der Waals surface area contributed by atoms with Crippen molar-refractivity contribution in [3.05, 3.63) is 22.2 Å². The summed E-state index contributed by atoms with van der Waals surface area (Å²) in [7, 11) is 0. The van der Waals surface area contributed by atoms with E-state index in [0.717, 1.165) is 23.8 Å². The molecule has 1 fully saturated rings. The van der Waals surface area contributed by atoms with Crippen LogP contribution in [0.4, 0.5) is 10.6 Å². The molecule has 0 unspecified atom stereocenters. The molecule has 1 heterocycles. The smallest absolute Gasteiger partial charge is 0.422 e. The number of hydrogen-bond donors (Lipinski definition) is 1. The summed E-state index contributed by atoms with van der Waals surface area (Å²) in [6.45, 7) is 0.320. The van der Waals surface area contributed by atoms with Crippen LogP contribution in [0.15, 0.2) is 11.0 Å². The predicted molar refractivity (Wildman–Crippen MR) is 64.9 cm³/mol. The van der Waals surface area contributed by atoms with Crippen LogP contribution in [0.1, 0.15) is 24.8 Å². The Morgan fingerprint density at radius 2 is 2.39 bits per heavy atom. The minimum absolute atomic E-state index is 0.0643. The van der Waals surface area contributed by atoms with Crippen molar-refractivity contribution >= 4 is 11.9 Å². The average Bonchev–Trinajstić information content (AvgIpc) is 2.27. The minimum Gasteiger partial charge on any atom is -0.449 e. The molecule has 0 spiro atoms. The summed E-state index contributed by atoms with van der Waals surface area (Å²) in [5.74, 6) is 2.59. The average molecular weight is 247 g/mol. The maximum atomic E-state index is 11.7. The molecule has 2 rings (SSSR count). The number of nitrogens with two attached hydrogens (primary N) is 1. The van der Waals surface area contributed by atoms with Crippen molar-refractivity contribution in [1.29, 1.82) is 0 Å². The second kappa shape index (κ2) is 4.92. The van der Waals surface area contributed by atoms with Gasteiger partial charge in [-0.1, -0.05) is 12.3 Å². The largest absolute Gasteiger partial charge is 0.449 e. The lowest BCUT2D eigenvalue weighted by Gasteiger charge is -2.24. The number of aromatic nitrogens is 2. The first-order valence-electron chi connectivity index (χ1n) is 5.64. The molecule has 0 aliphatic heterocycles. The Morgan fingerprint density at radius 3 is 2.94 bits per heavy atom. The van der Waals surface area contributed by atoms with E-state index in [1.807, 2.05) is 0 Å². The maximum absolute atomic E-state index is 11.7. The number of rotatable bonds is 2. The van der Waals surface area contributed by atoms with E-state index in [-0.39, 0.29) is 11.4 Å². The van der Waals surface area contributed by atoms with Gasteiger partial charge >= 0.3 is 11.8 Å². The number of hydrogen-bond acceptors (Lipinski definition) is 5. The summed E-state index contributed by atoms with van der Waals surface area (Å²) in [5.41, 5.74) is 4.84. The number of carbonyl (C=O) groups excluding carboxylic acids is 1. The Balaban J connectivity index is 2.14. The van der Waals surface area contributed by atoms with Crippen molar-refractivity contribution in [2.24, 2.45) is 5.92 Å². The Kier molecular flexibility index (Phi) is 3.33. The molecule has 1 saturated carbocycles. The molecule has 0 atom stereocenters. The molecule has 0 aromatic carbocycles. The normalized spacial score (nSPS) is 14.6. The van der Waals surface area contributed by atoms with Crippen molar-refractivity contribution in [3.8, 4) is 12.3 Å². The number of carbonyl (C=O) groups is 1. The molecule has 1 aromatic rings. The van der Waals surface area contributed by atoms with E-state index in [2.05, 4.69) is 10.9 Å². The molecule has 1 aliphatic rings. The number of nitrogen functional groups attached to an aromatic ring is 1. The maximum Gasteiger partial charge on any atom is 0.422 e. The second-order valence-electron chi connectivity index (χ2n) is 4.21. The number of terminal acetylenes is 1. The van der Waals surface area contributed by atoms with E-state index in [9.17, 15) is 9.59 Å². The highest BCUT2D eigenvalue weighted by atomic mass is 16.5. The Labute approximate surface area is 104 Å². The lowest BCUT2D eigenvalue weighted by molar-refractivity contribution is 0.104. The first-order chi connectivity index (χ1) is 8.61. The number of nitrogens with zero attached hydrogens (tertiary/aromatic N) is 2. The van der Waals surface area contributed by atoms with E-state index in [1.54, 1.807) is 0 Å². The van der Waals surface area contributed by atoms with Gasteiger partial charge in [-0.3, -0.25) is 0 Å². The molecule has 1 aliphatic carbocycles. The van der Waals surface area contributed by atoms with Crippen LogP contribution in [-0.2, 0) is 4.74 Å². The molecule has 0 bridgehead atoms. The van der Waals surface area contributed by atoms with Crippen LogP contribution in [0, 0.1) is 18.3 Å². The molecule has 1 aromatic heterocycles. The van der Waals surface area contributed by atoms with E-state index in [1.165, 1.54) is 6.20 Å². The molecular formula is C12H13N3O3. The van der Waals surface area contributed by atoms with Gasteiger partial charge in [0.2, 0.25) is 0 Å². The molecule has 0 amide bonds. The van der Waals surface area contributed by atoms with E-state index in [0.29, 0.717) is 12.5 Å². The van der Waals surface area contributed by atoms with E-state index in [4.69, 9.17) is 16.9 Å². The SMILES string of the molecule is C#Cc1cn(C(=O)OCC2CCC2)c(=O)nc1N. The first-order valence-corrected chi connectivity index (χ1v) is 5.64. The van der Waals surface area contributed by atoms with Crippen LogP contribution < -0.4 is 11.4 Å². The van der Waals surface area contributed by atoms with Crippen molar-refractivity contribution in [2.75, 3.05) is 12.3 Å². The van der Waals surface area contributed by atoms with Gasteiger partial charge in [-0.2, -0.15) is 4.98 Å². The van der Waals surface area contributed by atoms with Crippen LogP contribution in [0.5, 0.6) is 0 Å². The summed E-state index contributed by atoms with van der Waals surface area (Å²) >= 11 is 0. The zero-order chi connectivity index (χ0) is 13.1.